The van der Waals surface area contributed by atoms with Gasteiger partial charge in [0.25, 0.3) is 0 Å². The van der Waals surface area contributed by atoms with E-state index in [1.54, 1.807) is 0 Å². The molecule has 21 heavy (non-hydrogen) atoms. The van der Waals surface area contributed by atoms with E-state index in [1.807, 2.05) is 24.3 Å². The van der Waals surface area contributed by atoms with Gasteiger partial charge in [0.15, 0.2) is 0 Å². The molecule has 2 amide bonds. The SMILES string of the molecule is CC(C)(C)c1ccccc1NC(=O)NCCCOCCO. The molecule has 0 radical (unpaired) electrons. The van der Waals surface area contributed by atoms with Crippen LogP contribution in [0.2, 0.25) is 0 Å². The summed E-state index contributed by atoms with van der Waals surface area (Å²) in [5.74, 6) is 0. The summed E-state index contributed by atoms with van der Waals surface area (Å²) < 4.78 is 5.12. The molecule has 5 nitrogen and oxygen atoms in total. The average Bonchev–Trinajstić information content (AvgIpc) is 2.42. The quantitative estimate of drug-likeness (QED) is 0.677. The maximum Gasteiger partial charge on any atom is 0.319 e. The zero-order valence-electron chi connectivity index (χ0n) is 13.1. The van der Waals surface area contributed by atoms with E-state index < -0.39 is 0 Å². The van der Waals surface area contributed by atoms with Gasteiger partial charge >= 0.3 is 6.03 Å². The topological polar surface area (TPSA) is 70.6 Å². The smallest absolute Gasteiger partial charge is 0.319 e. The third-order valence-corrected chi connectivity index (χ3v) is 2.97. The second kappa shape index (κ2) is 8.64. The van der Waals surface area contributed by atoms with E-state index in [0.29, 0.717) is 26.2 Å². The number of para-hydroxylation sites is 1. The molecule has 0 heterocycles. The monoisotopic (exact) mass is 294 g/mol. The van der Waals surface area contributed by atoms with Gasteiger partial charge in [0, 0.05) is 18.8 Å². The third-order valence-electron chi connectivity index (χ3n) is 2.97. The fourth-order valence-corrected chi connectivity index (χ4v) is 1.96. The van der Waals surface area contributed by atoms with Crippen LogP contribution in [0.4, 0.5) is 10.5 Å². The first-order valence-corrected chi connectivity index (χ1v) is 7.28. The number of carbonyl (C=O) groups excluding carboxylic acids is 1. The van der Waals surface area contributed by atoms with Crippen molar-refractivity contribution < 1.29 is 14.6 Å². The van der Waals surface area contributed by atoms with Crippen LogP contribution in [0.15, 0.2) is 24.3 Å². The van der Waals surface area contributed by atoms with Gasteiger partial charge in [-0.1, -0.05) is 39.0 Å². The molecular formula is C16H26N2O3. The highest BCUT2D eigenvalue weighted by Gasteiger charge is 2.18. The van der Waals surface area contributed by atoms with Gasteiger partial charge in [0.1, 0.15) is 0 Å². The van der Waals surface area contributed by atoms with Crippen molar-refractivity contribution >= 4 is 11.7 Å². The number of nitrogens with one attached hydrogen (secondary N) is 2. The summed E-state index contributed by atoms with van der Waals surface area (Å²) >= 11 is 0. The first-order valence-electron chi connectivity index (χ1n) is 7.28. The lowest BCUT2D eigenvalue weighted by Crippen LogP contribution is -2.31. The van der Waals surface area contributed by atoms with Crippen molar-refractivity contribution in [2.75, 3.05) is 31.7 Å². The summed E-state index contributed by atoms with van der Waals surface area (Å²) in [7, 11) is 0. The predicted octanol–water partition coefficient (Wildman–Crippen LogP) is 2.50. The van der Waals surface area contributed by atoms with Crippen LogP contribution in [-0.2, 0) is 10.2 Å². The second-order valence-electron chi connectivity index (χ2n) is 5.87. The number of carbonyl (C=O) groups is 1. The van der Waals surface area contributed by atoms with E-state index in [0.717, 1.165) is 11.3 Å². The zero-order valence-corrected chi connectivity index (χ0v) is 13.1. The minimum Gasteiger partial charge on any atom is -0.394 e. The molecule has 0 spiro atoms. The lowest BCUT2D eigenvalue weighted by Gasteiger charge is -2.23. The van der Waals surface area contributed by atoms with Crippen molar-refractivity contribution in [2.24, 2.45) is 0 Å². The van der Waals surface area contributed by atoms with Crippen LogP contribution in [0.25, 0.3) is 0 Å². The fourth-order valence-electron chi connectivity index (χ4n) is 1.96. The molecule has 1 rings (SSSR count). The number of hydrogen-bond donors (Lipinski definition) is 3. The molecule has 0 bridgehead atoms. The Morgan fingerprint density at radius 1 is 1.24 bits per heavy atom. The summed E-state index contributed by atoms with van der Waals surface area (Å²) in [5, 5.41) is 14.2. The molecule has 0 saturated heterocycles. The molecule has 3 N–H and O–H groups in total. The molecule has 0 fully saturated rings. The molecular weight excluding hydrogens is 268 g/mol. The van der Waals surface area contributed by atoms with Crippen LogP contribution in [0.5, 0.6) is 0 Å². The molecule has 0 aliphatic carbocycles. The maximum atomic E-state index is 11.9. The van der Waals surface area contributed by atoms with Gasteiger partial charge in [-0.2, -0.15) is 0 Å². The molecule has 118 valence electrons. The van der Waals surface area contributed by atoms with Crippen LogP contribution in [0.1, 0.15) is 32.8 Å². The van der Waals surface area contributed by atoms with Crippen molar-refractivity contribution in [1.82, 2.24) is 5.32 Å². The highest BCUT2D eigenvalue weighted by molar-refractivity contribution is 5.90. The minimum atomic E-state index is -0.214. The fraction of sp³-hybridized carbons (Fsp3) is 0.562. The lowest BCUT2D eigenvalue weighted by molar-refractivity contribution is 0.0910. The highest BCUT2D eigenvalue weighted by Crippen LogP contribution is 2.28. The van der Waals surface area contributed by atoms with Crippen LogP contribution in [-0.4, -0.2) is 37.5 Å². The summed E-state index contributed by atoms with van der Waals surface area (Å²) in [4.78, 5) is 11.9. The molecule has 0 atom stereocenters. The largest absolute Gasteiger partial charge is 0.394 e. The van der Waals surface area contributed by atoms with Gasteiger partial charge in [0.05, 0.1) is 13.2 Å². The van der Waals surface area contributed by atoms with Gasteiger partial charge in [-0.3, -0.25) is 0 Å². The summed E-state index contributed by atoms with van der Waals surface area (Å²) in [6.07, 6.45) is 0.717. The highest BCUT2D eigenvalue weighted by atomic mass is 16.5. The Balaban J connectivity index is 2.42. The van der Waals surface area contributed by atoms with E-state index in [4.69, 9.17) is 9.84 Å². The number of ether oxygens (including phenoxy) is 1. The Morgan fingerprint density at radius 2 is 1.95 bits per heavy atom. The Hall–Kier alpha value is -1.59. The number of rotatable bonds is 7. The Kier molecular flexibility index (Phi) is 7.19. The second-order valence-corrected chi connectivity index (χ2v) is 5.87. The van der Waals surface area contributed by atoms with Gasteiger partial charge < -0.3 is 20.5 Å². The zero-order chi connectivity index (χ0) is 15.7. The molecule has 1 aromatic rings. The van der Waals surface area contributed by atoms with Crippen LogP contribution in [0.3, 0.4) is 0 Å². The van der Waals surface area contributed by atoms with Gasteiger partial charge in [-0.15, -0.1) is 0 Å². The Labute approximate surface area is 126 Å². The minimum absolute atomic E-state index is 0.0253. The van der Waals surface area contributed by atoms with Crippen molar-refractivity contribution in [3.05, 3.63) is 29.8 Å². The molecule has 0 aromatic heterocycles. The van der Waals surface area contributed by atoms with Crippen LogP contribution < -0.4 is 10.6 Å². The van der Waals surface area contributed by atoms with E-state index in [9.17, 15) is 4.79 Å². The van der Waals surface area contributed by atoms with E-state index in [1.165, 1.54) is 0 Å². The van der Waals surface area contributed by atoms with E-state index in [-0.39, 0.29) is 18.1 Å². The number of aliphatic hydroxyl groups is 1. The average molecular weight is 294 g/mol. The van der Waals surface area contributed by atoms with Crippen LogP contribution >= 0.6 is 0 Å². The maximum absolute atomic E-state index is 11.9. The van der Waals surface area contributed by atoms with Crippen molar-refractivity contribution in [3.63, 3.8) is 0 Å². The predicted molar refractivity (Wildman–Crippen MR) is 84.7 cm³/mol. The molecule has 5 heteroatoms. The van der Waals surface area contributed by atoms with Crippen molar-refractivity contribution in [2.45, 2.75) is 32.6 Å². The lowest BCUT2D eigenvalue weighted by atomic mass is 9.86. The Bertz CT molecular complexity index is 441. The summed E-state index contributed by atoms with van der Waals surface area (Å²) in [6, 6.07) is 7.60. The van der Waals surface area contributed by atoms with Gasteiger partial charge in [-0.25, -0.2) is 4.79 Å². The van der Waals surface area contributed by atoms with Crippen LogP contribution in [0, 0.1) is 0 Å². The molecule has 0 aliphatic rings. The van der Waals surface area contributed by atoms with Gasteiger partial charge in [0.2, 0.25) is 0 Å². The van der Waals surface area contributed by atoms with E-state index in [2.05, 4.69) is 31.4 Å². The molecule has 0 unspecified atom stereocenters. The van der Waals surface area contributed by atoms with Crippen molar-refractivity contribution in [3.8, 4) is 0 Å². The van der Waals surface area contributed by atoms with Gasteiger partial charge in [-0.05, 0) is 23.5 Å². The molecule has 1 aromatic carbocycles. The Morgan fingerprint density at radius 3 is 2.62 bits per heavy atom. The first kappa shape index (κ1) is 17.5. The number of amides is 2. The van der Waals surface area contributed by atoms with E-state index >= 15 is 0 Å². The normalized spacial score (nSPS) is 11.2. The number of anilines is 1. The first-order chi connectivity index (χ1) is 9.95. The number of urea groups is 1. The summed E-state index contributed by atoms with van der Waals surface area (Å²) in [6.45, 7) is 7.77. The standard InChI is InChI=1S/C16H26N2O3/c1-16(2,3)13-7-4-5-8-14(13)18-15(20)17-9-6-11-21-12-10-19/h4-5,7-8,19H,6,9-12H2,1-3H3,(H2,17,18,20). The third kappa shape index (κ3) is 6.60. The molecule has 0 saturated carbocycles. The number of hydrogen-bond acceptors (Lipinski definition) is 3. The van der Waals surface area contributed by atoms with Crippen molar-refractivity contribution in [1.29, 1.82) is 0 Å². The number of benzene rings is 1. The summed E-state index contributed by atoms with van der Waals surface area (Å²) in [5.41, 5.74) is 1.91. The number of aliphatic hydroxyl groups excluding tert-OH is 1. The molecule has 0 aliphatic heterocycles.